The molecule has 0 aromatic carbocycles. The van der Waals surface area contributed by atoms with Crippen molar-refractivity contribution in [2.24, 2.45) is 5.92 Å². The summed E-state index contributed by atoms with van der Waals surface area (Å²) in [6.45, 7) is 4.62. The molecule has 1 saturated heterocycles. The monoisotopic (exact) mass is 193 g/mol. The van der Waals surface area contributed by atoms with E-state index in [-0.39, 0.29) is 0 Å². The second kappa shape index (κ2) is 4.37. The van der Waals surface area contributed by atoms with E-state index in [0.29, 0.717) is 5.92 Å². The third-order valence-electron chi connectivity index (χ3n) is 2.39. The lowest BCUT2D eigenvalue weighted by atomic mass is 10.1. The van der Waals surface area contributed by atoms with E-state index in [4.69, 9.17) is 4.74 Å². The Bertz CT molecular complexity index is 280. The summed E-state index contributed by atoms with van der Waals surface area (Å²) in [5.74, 6) is 1.47. The van der Waals surface area contributed by atoms with Gasteiger partial charge in [0.25, 0.3) is 0 Å². The third kappa shape index (κ3) is 2.42. The quantitative estimate of drug-likeness (QED) is 0.784. The molecular formula is C10H15N3O. The molecular weight excluding hydrogens is 178 g/mol. The number of aryl methyl sites for hydroxylation is 1. The molecule has 1 fully saturated rings. The summed E-state index contributed by atoms with van der Waals surface area (Å²) in [5.41, 5.74) is 0.944. The average Bonchev–Trinajstić information content (AvgIpc) is 2.70. The first kappa shape index (κ1) is 9.40. The van der Waals surface area contributed by atoms with Gasteiger partial charge in [-0.05, 0) is 25.5 Å². The number of nitrogens with one attached hydrogen (secondary N) is 1. The van der Waals surface area contributed by atoms with Crippen molar-refractivity contribution < 1.29 is 4.74 Å². The van der Waals surface area contributed by atoms with Crippen molar-refractivity contribution >= 4 is 5.82 Å². The molecule has 1 aliphatic heterocycles. The predicted molar refractivity (Wildman–Crippen MR) is 54.2 cm³/mol. The van der Waals surface area contributed by atoms with Gasteiger partial charge in [0, 0.05) is 19.1 Å². The number of aromatic nitrogens is 2. The number of anilines is 1. The molecule has 1 N–H and O–H groups in total. The lowest BCUT2D eigenvalue weighted by Gasteiger charge is -2.08. The summed E-state index contributed by atoms with van der Waals surface area (Å²) < 4.78 is 5.29. The standard InChI is InChI=1S/C10H15N3O/c1-8-2-3-10(13-12-8)11-6-9-4-5-14-7-9/h2-3,9H,4-7H2,1H3,(H,11,13). The number of nitrogens with zero attached hydrogens (tertiary/aromatic N) is 2. The minimum atomic E-state index is 0.623. The van der Waals surface area contributed by atoms with Crippen molar-refractivity contribution in [2.45, 2.75) is 13.3 Å². The normalized spacial score (nSPS) is 21.1. The smallest absolute Gasteiger partial charge is 0.148 e. The molecule has 1 aliphatic rings. The molecule has 4 nitrogen and oxygen atoms in total. The van der Waals surface area contributed by atoms with Crippen LogP contribution in [0.4, 0.5) is 5.82 Å². The summed E-state index contributed by atoms with van der Waals surface area (Å²) in [6.07, 6.45) is 1.15. The van der Waals surface area contributed by atoms with Crippen LogP contribution in [0.2, 0.25) is 0 Å². The van der Waals surface area contributed by atoms with Gasteiger partial charge in [0.1, 0.15) is 5.82 Å². The zero-order valence-corrected chi connectivity index (χ0v) is 8.36. The number of hydrogen-bond acceptors (Lipinski definition) is 4. The van der Waals surface area contributed by atoms with Crippen LogP contribution in [0, 0.1) is 12.8 Å². The molecule has 14 heavy (non-hydrogen) atoms. The molecule has 1 aromatic rings. The van der Waals surface area contributed by atoms with E-state index >= 15 is 0 Å². The molecule has 1 aromatic heterocycles. The third-order valence-corrected chi connectivity index (χ3v) is 2.39. The number of hydrogen-bond donors (Lipinski definition) is 1. The van der Waals surface area contributed by atoms with Gasteiger partial charge in [-0.25, -0.2) is 0 Å². The van der Waals surface area contributed by atoms with Gasteiger partial charge < -0.3 is 10.1 Å². The maximum atomic E-state index is 5.29. The summed E-state index contributed by atoms with van der Waals surface area (Å²) in [6, 6.07) is 3.92. The highest BCUT2D eigenvalue weighted by Crippen LogP contribution is 2.12. The Morgan fingerprint density at radius 1 is 1.50 bits per heavy atom. The van der Waals surface area contributed by atoms with Crippen molar-refractivity contribution in [2.75, 3.05) is 25.1 Å². The van der Waals surface area contributed by atoms with Crippen LogP contribution < -0.4 is 5.32 Å². The van der Waals surface area contributed by atoms with Crippen LogP contribution in [0.25, 0.3) is 0 Å². The minimum Gasteiger partial charge on any atom is -0.381 e. The Hall–Kier alpha value is -1.16. The molecule has 0 bridgehead atoms. The molecule has 2 rings (SSSR count). The Morgan fingerprint density at radius 2 is 2.43 bits per heavy atom. The largest absolute Gasteiger partial charge is 0.381 e. The van der Waals surface area contributed by atoms with Gasteiger partial charge in [-0.1, -0.05) is 0 Å². The molecule has 2 heterocycles. The van der Waals surface area contributed by atoms with E-state index in [1.165, 1.54) is 0 Å². The Morgan fingerprint density at radius 3 is 3.07 bits per heavy atom. The van der Waals surface area contributed by atoms with Gasteiger partial charge in [-0.2, -0.15) is 5.10 Å². The van der Waals surface area contributed by atoms with Gasteiger partial charge in [-0.3, -0.25) is 0 Å². The van der Waals surface area contributed by atoms with E-state index in [1.807, 2.05) is 19.1 Å². The lowest BCUT2D eigenvalue weighted by Crippen LogP contribution is -2.15. The van der Waals surface area contributed by atoms with E-state index < -0.39 is 0 Å². The van der Waals surface area contributed by atoms with Crippen molar-refractivity contribution in [1.82, 2.24) is 10.2 Å². The highest BCUT2D eigenvalue weighted by Gasteiger charge is 2.14. The van der Waals surface area contributed by atoms with Crippen LogP contribution in [0.3, 0.4) is 0 Å². The first-order chi connectivity index (χ1) is 6.84. The van der Waals surface area contributed by atoms with Crippen molar-refractivity contribution in [1.29, 1.82) is 0 Å². The molecule has 0 saturated carbocycles. The lowest BCUT2D eigenvalue weighted by molar-refractivity contribution is 0.187. The summed E-state index contributed by atoms with van der Waals surface area (Å²) in [7, 11) is 0. The van der Waals surface area contributed by atoms with Crippen LogP contribution in [-0.2, 0) is 4.74 Å². The van der Waals surface area contributed by atoms with Gasteiger partial charge >= 0.3 is 0 Å². The maximum absolute atomic E-state index is 5.29. The minimum absolute atomic E-state index is 0.623. The number of rotatable bonds is 3. The fourth-order valence-electron chi connectivity index (χ4n) is 1.49. The molecule has 1 unspecified atom stereocenters. The van der Waals surface area contributed by atoms with Crippen molar-refractivity contribution in [3.63, 3.8) is 0 Å². The summed E-state index contributed by atoms with van der Waals surface area (Å²) >= 11 is 0. The number of ether oxygens (including phenoxy) is 1. The van der Waals surface area contributed by atoms with Crippen LogP contribution in [0.1, 0.15) is 12.1 Å². The van der Waals surface area contributed by atoms with Crippen LogP contribution in [0.5, 0.6) is 0 Å². The first-order valence-electron chi connectivity index (χ1n) is 4.96. The molecule has 0 amide bonds. The van der Waals surface area contributed by atoms with Gasteiger partial charge in [0.15, 0.2) is 0 Å². The Kier molecular flexibility index (Phi) is 2.93. The fraction of sp³-hybridized carbons (Fsp3) is 0.600. The van der Waals surface area contributed by atoms with Gasteiger partial charge in [0.2, 0.25) is 0 Å². The van der Waals surface area contributed by atoms with E-state index in [1.54, 1.807) is 0 Å². The Balaban J connectivity index is 1.82. The van der Waals surface area contributed by atoms with Crippen LogP contribution in [-0.4, -0.2) is 30.0 Å². The van der Waals surface area contributed by atoms with Crippen LogP contribution >= 0.6 is 0 Å². The predicted octanol–water partition coefficient (Wildman–Crippen LogP) is 1.23. The zero-order valence-electron chi connectivity index (χ0n) is 8.36. The molecule has 76 valence electrons. The van der Waals surface area contributed by atoms with E-state index in [0.717, 1.165) is 37.7 Å². The molecule has 0 aliphatic carbocycles. The first-order valence-corrected chi connectivity index (χ1v) is 4.96. The van der Waals surface area contributed by atoms with Crippen LogP contribution in [0.15, 0.2) is 12.1 Å². The summed E-state index contributed by atoms with van der Waals surface area (Å²) in [5, 5.41) is 11.3. The van der Waals surface area contributed by atoms with Crippen molar-refractivity contribution in [3.05, 3.63) is 17.8 Å². The second-order valence-corrected chi connectivity index (χ2v) is 3.67. The van der Waals surface area contributed by atoms with Gasteiger partial charge in [0.05, 0.1) is 12.3 Å². The highest BCUT2D eigenvalue weighted by molar-refractivity contribution is 5.32. The van der Waals surface area contributed by atoms with Crippen molar-refractivity contribution in [3.8, 4) is 0 Å². The highest BCUT2D eigenvalue weighted by atomic mass is 16.5. The molecule has 0 spiro atoms. The fourth-order valence-corrected chi connectivity index (χ4v) is 1.49. The molecule has 4 heteroatoms. The maximum Gasteiger partial charge on any atom is 0.148 e. The van der Waals surface area contributed by atoms with Gasteiger partial charge in [-0.15, -0.1) is 5.10 Å². The summed E-state index contributed by atoms with van der Waals surface area (Å²) in [4.78, 5) is 0. The molecule has 1 atom stereocenters. The second-order valence-electron chi connectivity index (χ2n) is 3.67. The average molecular weight is 193 g/mol. The zero-order chi connectivity index (χ0) is 9.80. The topological polar surface area (TPSA) is 47.0 Å². The Labute approximate surface area is 83.7 Å². The molecule has 0 radical (unpaired) electrons. The van der Waals surface area contributed by atoms with E-state index in [9.17, 15) is 0 Å². The van der Waals surface area contributed by atoms with E-state index in [2.05, 4.69) is 15.5 Å². The SMILES string of the molecule is Cc1ccc(NCC2CCOC2)nn1.